The Morgan fingerprint density at radius 1 is 1.05 bits per heavy atom. The average Bonchev–Trinajstić information content (AvgIpc) is 2.45. The molecule has 0 aliphatic carbocycles. The summed E-state index contributed by atoms with van der Waals surface area (Å²) in [6.07, 6.45) is -0.855. The minimum atomic E-state index is -0.855. The van der Waals surface area contributed by atoms with Crippen molar-refractivity contribution in [1.82, 2.24) is 0 Å². The van der Waals surface area contributed by atoms with Crippen molar-refractivity contribution in [2.75, 3.05) is 20.0 Å². The number of nitrogen functional groups attached to an aromatic ring is 1. The molecule has 2 aromatic carbocycles. The number of hydrogen-bond donors (Lipinski definition) is 2. The van der Waals surface area contributed by atoms with Crippen LogP contribution < -0.4 is 15.2 Å². The molecule has 0 radical (unpaired) electrons. The van der Waals surface area contributed by atoms with Gasteiger partial charge < -0.3 is 20.3 Å². The Balaban J connectivity index is 2.40. The second-order valence-electron chi connectivity index (χ2n) is 4.29. The lowest BCUT2D eigenvalue weighted by Crippen LogP contribution is -2.04. The molecule has 1 unspecified atom stereocenters. The highest BCUT2D eigenvalue weighted by atomic mass is 35.5. The molecular formula is C15H16ClNO3. The summed E-state index contributed by atoms with van der Waals surface area (Å²) in [7, 11) is 3.11. The summed E-state index contributed by atoms with van der Waals surface area (Å²) >= 11 is 5.86. The first kappa shape index (κ1) is 14.5. The molecule has 0 aliphatic heterocycles. The van der Waals surface area contributed by atoms with Gasteiger partial charge in [0, 0.05) is 16.3 Å². The molecule has 5 heteroatoms. The van der Waals surface area contributed by atoms with Crippen molar-refractivity contribution in [1.29, 1.82) is 0 Å². The van der Waals surface area contributed by atoms with E-state index in [4.69, 9.17) is 26.8 Å². The van der Waals surface area contributed by atoms with Crippen LogP contribution in [0.2, 0.25) is 5.02 Å². The molecule has 0 amide bonds. The van der Waals surface area contributed by atoms with Crippen LogP contribution in [0.1, 0.15) is 17.2 Å². The topological polar surface area (TPSA) is 64.7 Å². The van der Waals surface area contributed by atoms with E-state index in [9.17, 15) is 5.11 Å². The van der Waals surface area contributed by atoms with Gasteiger partial charge in [-0.1, -0.05) is 23.7 Å². The zero-order valence-corrected chi connectivity index (χ0v) is 12.0. The lowest BCUT2D eigenvalue weighted by atomic mass is 9.99. The SMILES string of the molecule is COc1ccc(C(O)c2ccc(Cl)cc2N)cc1OC. The third-order valence-electron chi connectivity index (χ3n) is 3.07. The third kappa shape index (κ3) is 2.81. The van der Waals surface area contributed by atoms with Crippen LogP contribution in [0.25, 0.3) is 0 Å². The fourth-order valence-corrected chi connectivity index (χ4v) is 2.18. The number of ether oxygens (including phenoxy) is 2. The number of benzene rings is 2. The summed E-state index contributed by atoms with van der Waals surface area (Å²) in [5.74, 6) is 1.16. The monoisotopic (exact) mass is 293 g/mol. The normalized spacial score (nSPS) is 12.0. The standard InChI is InChI=1S/C15H16ClNO3/c1-19-13-6-3-9(7-14(13)20-2)15(18)11-5-4-10(16)8-12(11)17/h3-8,15,18H,17H2,1-2H3. The zero-order valence-electron chi connectivity index (χ0n) is 11.3. The number of aliphatic hydroxyl groups excluding tert-OH is 1. The number of rotatable bonds is 4. The minimum absolute atomic E-state index is 0.444. The van der Waals surface area contributed by atoms with E-state index >= 15 is 0 Å². The van der Waals surface area contributed by atoms with Crippen LogP contribution >= 0.6 is 11.6 Å². The quantitative estimate of drug-likeness (QED) is 0.851. The van der Waals surface area contributed by atoms with Crippen molar-refractivity contribution in [3.63, 3.8) is 0 Å². The largest absolute Gasteiger partial charge is 0.493 e. The van der Waals surface area contributed by atoms with E-state index in [1.54, 1.807) is 50.6 Å². The highest BCUT2D eigenvalue weighted by Crippen LogP contribution is 2.34. The van der Waals surface area contributed by atoms with Gasteiger partial charge in [-0.25, -0.2) is 0 Å². The number of halogens is 1. The van der Waals surface area contributed by atoms with Crippen molar-refractivity contribution >= 4 is 17.3 Å². The molecule has 0 fully saturated rings. The fraction of sp³-hybridized carbons (Fsp3) is 0.200. The van der Waals surface area contributed by atoms with Crippen LogP contribution in [-0.2, 0) is 0 Å². The number of anilines is 1. The number of hydrogen-bond acceptors (Lipinski definition) is 4. The van der Waals surface area contributed by atoms with Gasteiger partial charge in [-0.2, -0.15) is 0 Å². The predicted octanol–water partition coefficient (Wildman–Crippen LogP) is 3.02. The van der Waals surface area contributed by atoms with E-state index in [0.29, 0.717) is 33.3 Å². The van der Waals surface area contributed by atoms with Gasteiger partial charge in [0.2, 0.25) is 0 Å². The van der Waals surface area contributed by atoms with Gasteiger partial charge in [0.1, 0.15) is 6.10 Å². The maximum Gasteiger partial charge on any atom is 0.161 e. The van der Waals surface area contributed by atoms with Crippen molar-refractivity contribution in [3.8, 4) is 11.5 Å². The molecule has 0 saturated heterocycles. The summed E-state index contributed by atoms with van der Waals surface area (Å²) in [6.45, 7) is 0. The van der Waals surface area contributed by atoms with Crippen molar-refractivity contribution in [3.05, 3.63) is 52.5 Å². The maximum absolute atomic E-state index is 10.4. The van der Waals surface area contributed by atoms with Gasteiger partial charge in [0.15, 0.2) is 11.5 Å². The Labute approximate surface area is 122 Å². The van der Waals surface area contributed by atoms with Crippen molar-refractivity contribution in [2.45, 2.75) is 6.10 Å². The lowest BCUT2D eigenvalue weighted by Gasteiger charge is -2.16. The molecule has 0 bridgehead atoms. The zero-order chi connectivity index (χ0) is 14.7. The molecule has 106 valence electrons. The summed E-state index contributed by atoms with van der Waals surface area (Å²) in [5, 5.41) is 11.0. The van der Waals surface area contributed by atoms with E-state index in [2.05, 4.69) is 0 Å². The first-order chi connectivity index (χ1) is 9.56. The Bertz CT molecular complexity index is 616. The second-order valence-corrected chi connectivity index (χ2v) is 4.73. The predicted molar refractivity (Wildman–Crippen MR) is 79.5 cm³/mol. The summed E-state index contributed by atoms with van der Waals surface area (Å²) < 4.78 is 10.4. The molecular weight excluding hydrogens is 278 g/mol. The molecule has 0 saturated carbocycles. The molecule has 0 aliphatic rings. The second kappa shape index (κ2) is 6.03. The average molecular weight is 294 g/mol. The van der Waals surface area contributed by atoms with Gasteiger partial charge >= 0.3 is 0 Å². The third-order valence-corrected chi connectivity index (χ3v) is 3.30. The van der Waals surface area contributed by atoms with Crippen LogP contribution in [0.5, 0.6) is 11.5 Å². The number of aliphatic hydroxyl groups is 1. The first-order valence-electron chi connectivity index (χ1n) is 6.01. The van der Waals surface area contributed by atoms with E-state index in [1.807, 2.05) is 0 Å². The smallest absolute Gasteiger partial charge is 0.161 e. The molecule has 3 N–H and O–H groups in total. The fourth-order valence-electron chi connectivity index (χ4n) is 2.00. The van der Waals surface area contributed by atoms with Crippen LogP contribution in [0.4, 0.5) is 5.69 Å². The summed E-state index contributed by atoms with van der Waals surface area (Å²) in [6, 6.07) is 10.2. The number of nitrogens with two attached hydrogens (primary N) is 1. The van der Waals surface area contributed by atoms with Crippen molar-refractivity contribution < 1.29 is 14.6 Å². The molecule has 20 heavy (non-hydrogen) atoms. The highest BCUT2D eigenvalue weighted by Gasteiger charge is 2.16. The van der Waals surface area contributed by atoms with Gasteiger partial charge in [0.05, 0.1) is 14.2 Å². The molecule has 4 nitrogen and oxygen atoms in total. The lowest BCUT2D eigenvalue weighted by molar-refractivity contribution is 0.220. The Morgan fingerprint density at radius 2 is 1.75 bits per heavy atom. The molecule has 0 heterocycles. The van der Waals surface area contributed by atoms with Gasteiger partial charge in [0.25, 0.3) is 0 Å². The molecule has 2 rings (SSSR count). The van der Waals surface area contributed by atoms with Gasteiger partial charge in [-0.15, -0.1) is 0 Å². The minimum Gasteiger partial charge on any atom is -0.493 e. The van der Waals surface area contributed by atoms with Crippen LogP contribution in [-0.4, -0.2) is 19.3 Å². The molecule has 1 atom stereocenters. The summed E-state index contributed by atoms with van der Waals surface area (Å²) in [4.78, 5) is 0. The molecule has 2 aromatic rings. The van der Waals surface area contributed by atoms with Crippen LogP contribution in [0.15, 0.2) is 36.4 Å². The maximum atomic E-state index is 10.4. The van der Waals surface area contributed by atoms with Gasteiger partial charge in [-0.05, 0) is 29.8 Å². The van der Waals surface area contributed by atoms with E-state index in [-0.39, 0.29) is 0 Å². The number of methoxy groups -OCH3 is 2. The van der Waals surface area contributed by atoms with E-state index in [1.165, 1.54) is 0 Å². The van der Waals surface area contributed by atoms with Gasteiger partial charge in [-0.3, -0.25) is 0 Å². The first-order valence-corrected chi connectivity index (χ1v) is 6.39. The highest BCUT2D eigenvalue weighted by molar-refractivity contribution is 6.30. The van der Waals surface area contributed by atoms with Crippen LogP contribution in [0.3, 0.4) is 0 Å². The summed E-state index contributed by atoms with van der Waals surface area (Å²) in [5.41, 5.74) is 7.59. The molecule has 0 aromatic heterocycles. The Kier molecular flexibility index (Phi) is 4.37. The molecule has 0 spiro atoms. The van der Waals surface area contributed by atoms with E-state index in [0.717, 1.165) is 0 Å². The Hall–Kier alpha value is -1.91. The van der Waals surface area contributed by atoms with E-state index < -0.39 is 6.10 Å². The Morgan fingerprint density at radius 3 is 2.35 bits per heavy atom. The van der Waals surface area contributed by atoms with Crippen molar-refractivity contribution in [2.24, 2.45) is 0 Å². The van der Waals surface area contributed by atoms with Crippen LogP contribution in [0, 0.1) is 0 Å².